The van der Waals surface area contributed by atoms with Crippen molar-refractivity contribution in [1.82, 2.24) is 4.98 Å². The summed E-state index contributed by atoms with van der Waals surface area (Å²) in [5, 5.41) is 18.2. The van der Waals surface area contributed by atoms with Crippen molar-refractivity contribution < 1.29 is 9.84 Å². The highest BCUT2D eigenvalue weighted by Crippen LogP contribution is 2.25. The fourth-order valence-corrected chi connectivity index (χ4v) is 2.14. The number of aliphatic hydroxyl groups excluding tert-OH is 1. The van der Waals surface area contributed by atoms with Crippen LogP contribution in [-0.4, -0.2) is 42.5 Å². The molecule has 1 aromatic rings. The summed E-state index contributed by atoms with van der Waals surface area (Å²) in [6.07, 6.45) is 0.894. The summed E-state index contributed by atoms with van der Waals surface area (Å²) in [5.41, 5.74) is 0.389. The topological polar surface area (TPSA) is 69.4 Å². The lowest BCUT2D eigenvalue weighted by atomic mass is 10.2. The summed E-state index contributed by atoms with van der Waals surface area (Å²) in [4.78, 5) is 6.23. The van der Waals surface area contributed by atoms with Crippen LogP contribution in [0.5, 0.6) is 0 Å². The number of methoxy groups -OCH3 is 1. The average molecular weight is 233 g/mol. The van der Waals surface area contributed by atoms with Gasteiger partial charge in [0.25, 0.3) is 0 Å². The zero-order valence-corrected chi connectivity index (χ0v) is 9.71. The van der Waals surface area contributed by atoms with Crippen LogP contribution in [0.15, 0.2) is 18.2 Å². The van der Waals surface area contributed by atoms with E-state index in [1.807, 2.05) is 17.0 Å². The number of anilines is 1. The summed E-state index contributed by atoms with van der Waals surface area (Å²) in [6.45, 7) is 0.766. The van der Waals surface area contributed by atoms with E-state index in [4.69, 9.17) is 10.00 Å². The molecule has 1 aromatic heterocycles. The lowest BCUT2D eigenvalue weighted by molar-refractivity contribution is 0.115. The van der Waals surface area contributed by atoms with Gasteiger partial charge in [-0.1, -0.05) is 6.07 Å². The van der Waals surface area contributed by atoms with Crippen molar-refractivity contribution in [1.29, 1.82) is 5.26 Å². The maximum Gasteiger partial charge on any atom is 0.142 e. The number of aliphatic hydroxyl groups is 1. The Morgan fingerprint density at radius 2 is 2.47 bits per heavy atom. The molecule has 2 atom stereocenters. The van der Waals surface area contributed by atoms with Crippen LogP contribution in [0.1, 0.15) is 12.1 Å². The molecule has 5 heteroatoms. The van der Waals surface area contributed by atoms with E-state index in [1.165, 1.54) is 0 Å². The van der Waals surface area contributed by atoms with Gasteiger partial charge in [0.1, 0.15) is 17.6 Å². The number of hydrogen-bond acceptors (Lipinski definition) is 5. The molecule has 1 N–H and O–H groups in total. The molecule has 5 nitrogen and oxygen atoms in total. The highest BCUT2D eigenvalue weighted by molar-refractivity contribution is 5.44. The number of nitriles is 1. The van der Waals surface area contributed by atoms with Gasteiger partial charge in [0.15, 0.2) is 0 Å². The van der Waals surface area contributed by atoms with Gasteiger partial charge >= 0.3 is 0 Å². The zero-order valence-electron chi connectivity index (χ0n) is 9.71. The molecule has 0 unspecified atom stereocenters. The Labute approximate surface area is 100 Å². The van der Waals surface area contributed by atoms with Gasteiger partial charge in [-0.05, 0) is 18.6 Å². The first-order valence-electron chi connectivity index (χ1n) is 5.56. The SMILES string of the molecule is CO[C@H]1C[C@@H](CO)N(c2cccc(C#N)n2)C1. The Bertz CT molecular complexity index is 430. The van der Waals surface area contributed by atoms with Gasteiger partial charge in [0.2, 0.25) is 0 Å². The highest BCUT2D eigenvalue weighted by atomic mass is 16.5. The van der Waals surface area contributed by atoms with Gasteiger partial charge in [0, 0.05) is 13.7 Å². The van der Waals surface area contributed by atoms with Crippen LogP contribution < -0.4 is 4.90 Å². The second-order valence-electron chi connectivity index (χ2n) is 4.08. The molecule has 90 valence electrons. The van der Waals surface area contributed by atoms with Crippen LogP contribution in [0, 0.1) is 11.3 Å². The largest absolute Gasteiger partial charge is 0.394 e. The molecule has 2 rings (SSSR count). The fourth-order valence-electron chi connectivity index (χ4n) is 2.14. The van der Waals surface area contributed by atoms with E-state index in [-0.39, 0.29) is 18.8 Å². The number of rotatable bonds is 3. The molecule has 0 aliphatic carbocycles. The Morgan fingerprint density at radius 3 is 3.12 bits per heavy atom. The Hall–Kier alpha value is -1.64. The van der Waals surface area contributed by atoms with E-state index in [0.29, 0.717) is 12.2 Å². The molecule has 0 saturated carbocycles. The Balaban J connectivity index is 2.23. The molecule has 1 fully saturated rings. The third-order valence-electron chi connectivity index (χ3n) is 3.06. The van der Waals surface area contributed by atoms with Crippen molar-refractivity contribution >= 4 is 5.82 Å². The van der Waals surface area contributed by atoms with Gasteiger partial charge in [-0.25, -0.2) is 4.98 Å². The number of hydrogen-bond donors (Lipinski definition) is 1. The Morgan fingerprint density at radius 1 is 1.65 bits per heavy atom. The molecule has 1 aliphatic rings. The van der Waals surface area contributed by atoms with E-state index in [0.717, 1.165) is 12.2 Å². The predicted molar refractivity (Wildman–Crippen MR) is 62.6 cm³/mol. The van der Waals surface area contributed by atoms with Crippen molar-refractivity contribution in [2.75, 3.05) is 25.2 Å². The maximum absolute atomic E-state index is 9.35. The van der Waals surface area contributed by atoms with Gasteiger partial charge in [-0.3, -0.25) is 0 Å². The third kappa shape index (κ3) is 2.38. The fraction of sp³-hybridized carbons (Fsp3) is 0.500. The van der Waals surface area contributed by atoms with Gasteiger partial charge in [-0.2, -0.15) is 5.26 Å². The Kier molecular flexibility index (Phi) is 3.57. The van der Waals surface area contributed by atoms with Crippen LogP contribution in [0.4, 0.5) is 5.82 Å². The average Bonchev–Trinajstić information content (AvgIpc) is 2.82. The van der Waals surface area contributed by atoms with E-state index in [9.17, 15) is 5.11 Å². The highest BCUT2D eigenvalue weighted by Gasteiger charge is 2.32. The normalized spacial score (nSPS) is 23.7. The number of pyridine rings is 1. The molecule has 0 amide bonds. The molecular formula is C12H15N3O2. The first-order chi connectivity index (χ1) is 8.28. The van der Waals surface area contributed by atoms with Gasteiger partial charge in [0.05, 0.1) is 18.8 Å². The zero-order chi connectivity index (χ0) is 12.3. The summed E-state index contributed by atoms with van der Waals surface area (Å²) < 4.78 is 5.31. The molecule has 2 heterocycles. The number of nitrogens with zero attached hydrogens (tertiary/aromatic N) is 3. The molecule has 0 spiro atoms. The van der Waals surface area contributed by atoms with E-state index in [1.54, 1.807) is 19.2 Å². The van der Waals surface area contributed by atoms with Crippen LogP contribution in [0.3, 0.4) is 0 Å². The standard InChI is InChI=1S/C12H15N3O2/c1-17-11-5-10(8-16)15(7-11)12-4-2-3-9(6-13)14-12/h2-4,10-11,16H,5,7-8H2,1H3/t10-,11-/m0/s1. The van der Waals surface area contributed by atoms with Crippen molar-refractivity contribution in [2.45, 2.75) is 18.6 Å². The quantitative estimate of drug-likeness (QED) is 0.825. The van der Waals surface area contributed by atoms with Crippen LogP contribution in [-0.2, 0) is 4.74 Å². The second-order valence-corrected chi connectivity index (χ2v) is 4.08. The number of ether oxygens (including phenoxy) is 1. The second kappa shape index (κ2) is 5.13. The first-order valence-corrected chi connectivity index (χ1v) is 5.56. The van der Waals surface area contributed by atoms with Crippen molar-refractivity contribution in [2.24, 2.45) is 0 Å². The van der Waals surface area contributed by atoms with E-state index in [2.05, 4.69) is 4.98 Å². The first kappa shape index (κ1) is 11.8. The third-order valence-corrected chi connectivity index (χ3v) is 3.06. The molecule has 1 saturated heterocycles. The van der Waals surface area contributed by atoms with Gasteiger partial charge in [-0.15, -0.1) is 0 Å². The monoisotopic (exact) mass is 233 g/mol. The number of aromatic nitrogens is 1. The predicted octanol–water partition coefficient (Wildman–Crippen LogP) is 0.539. The molecule has 0 bridgehead atoms. The minimum absolute atomic E-state index is 0.0152. The summed E-state index contributed by atoms with van der Waals surface area (Å²) in [7, 11) is 1.67. The molecule has 17 heavy (non-hydrogen) atoms. The minimum atomic E-state index is 0.0152. The van der Waals surface area contributed by atoms with E-state index >= 15 is 0 Å². The minimum Gasteiger partial charge on any atom is -0.394 e. The van der Waals surface area contributed by atoms with Crippen LogP contribution in [0.2, 0.25) is 0 Å². The van der Waals surface area contributed by atoms with Crippen molar-refractivity contribution in [3.8, 4) is 6.07 Å². The van der Waals surface area contributed by atoms with Crippen LogP contribution >= 0.6 is 0 Å². The summed E-state index contributed by atoms with van der Waals surface area (Å²) in [5.74, 6) is 0.725. The molecule has 0 radical (unpaired) electrons. The van der Waals surface area contributed by atoms with Crippen LogP contribution in [0.25, 0.3) is 0 Å². The molecule has 0 aromatic carbocycles. The lowest BCUT2D eigenvalue weighted by Gasteiger charge is -2.23. The van der Waals surface area contributed by atoms with Crippen molar-refractivity contribution in [3.63, 3.8) is 0 Å². The van der Waals surface area contributed by atoms with Gasteiger partial charge < -0.3 is 14.7 Å². The molecular weight excluding hydrogens is 218 g/mol. The lowest BCUT2D eigenvalue weighted by Crippen LogP contribution is -2.33. The van der Waals surface area contributed by atoms with E-state index < -0.39 is 0 Å². The summed E-state index contributed by atoms with van der Waals surface area (Å²) >= 11 is 0. The smallest absolute Gasteiger partial charge is 0.142 e. The summed E-state index contributed by atoms with van der Waals surface area (Å²) in [6, 6.07) is 7.35. The molecule has 1 aliphatic heterocycles. The maximum atomic E-state index is 9.35. The van der Waals surface area contributed by atoms with Crippen molar-refractivity contribution in [3.05, 3.63) is 23.9 Å².